The van der Waals surface area contributed by atoms with Crippen LogP contribution in [0, 0.1) is 0 Å². The molecule has 0 saturated heterocycles. The second-order valence-electron chi connectivity index (χ2n) is 3.29. The maximum absolute atomic E-state index is 5.97. The summed E-state index contributed by atoms with van der Waals surface area (Å²) < 4.78 is 5.23. The molecule has 1 aromatic carbocycles. The van der Waals surface area contributed by atoms with Crippen molar-refractivity contribution in [3.63, 3.8) is 0 Å². The highest BCUT2D eigenvalue weighted by Crippen LogP contribution is 2.31. The molecule has 2 aromatic rings. The molecular formula is C12H11ClN2O. The molecular weight excluding hydrogens is 224 g/mol. The van der Waals surface area contributed by atoms with Crippen molar-refractivity contribution in [3.05, 3.63) is 41.6 Å². The van der Waals surface area contributed by atoms with Crippen LogP contribution >= 0.6 is 11.6 Å². The van der Waals surface area contributed by atoms with Gasteiger partial charge in [-0.2, -0.15) is 0 Å². The Labute approximate surface area is 98.8 Å². The molecule has 0 amide bonds. The summed E-state index contributed by atoms with van der Waals surface area (Å²) in [4.78, 5) is 4.27. The van der Waals surface area contributed by atoms with Gasteiger partial charge in [0.25, 0.3) is 0 Å². The van der Waals surface area contributed by atoms with Crippen molar-refractivity contribution in [1.29, 1.82) is 0 Å². The first-order chi connectivity index (χ1) is 7.72. The van der Waals surface area contributed by atoms with Crippen LogP contribution in [0.15, 0.2) is 36.5 Å². The predicted molar refractivity (Wildman–Crippen MR) is 65.6 cm³/mol. The minimum Gasteiger partial charge on any atom is -0.494 e. The Morgan fingerprint density at radius 3 is 2.81 bits per heavy atom. The number of nitrogen functional groups attached to an aromatic ring is 1. The van der Waals surface area contributed by atoms with Gasteiger partial charge in [-0.15, -0.1) is 0 Å². The summed E-state index contributed by atoms with van der Waals surface area (Å²) in [5, 5.41) is 0.519. The van der Waals surface area contributed by atoms with Crippen molar-refractivity contribution >= 4 is 17.3 Å². The lowest BCUT2D eigenvalue weighted by Crippen LogP contribution is -1.92. The summed E-state index contributed by atoms with van der Waals surface area (Å²) >= 11 is 5.97. The van der Waals surface area contributed by atoms with Crippen molar-refractivity contribution in [3.8, 4) is 17.0 Å². The van der Waals surface area contributed by atoms with Gasteiger partial charge in [0.05, 0.1) is 17.8 Å². The quantitative estimate of drug-likeness (QED) is 0.813. The van der Waals surface area contributed by atoms with Gasteiger partial charge in [0.2, 0.25) is 0 Å². The van der Waals surface area contributed by atoms with E-state index in [1.54, 1.807) is 25.4 Å². The van der Waals surface area contributed by atoms with Crippen LogP contribution in [0.25, 0.3) is 11.3 Å². The van der Waals surface area contributed by atoms with Crippen molar-refractivity contribution in [2.45, 2.75) is 0 Å². The summed E-state index contributed by atoms with van der Waals surface area (Å²) in [7, 11) is 1.61. The zero-order valence-corrected chi connectivity index (χ0v) is 9.53. The molecule has 16 heavy (non-hydrogen) atoms. The summed E-state index contributed by atoms with van der Waals surface area (Å²) in [6.07, 6.45) is 1.71. The lowest BCUT2D eigenvalue weighted by Gasteiger charge is -2.08. The van der Waals surface area contributed by atoms with E-state index in [2.05, 4.69) is 4.98 Å². The van der Waals surface area contributed by atoms with Crippen molar-refractivity contribution in [2.75, 3.05) is 12.8 Å². The molecule has 82 valence electrons. The lowest BCUT2D eigenvalue weighted by atomic mass is 10.1. The number of pyridine rings is 1. The number of nitrogens with two attached hydrogens (primary N) is 1. The van der Waals surface area contributed by atoms with E-state index in [-0.39, 0.29) is 0 Å². The van der Waals surface area contributed by atoms with Gasteiger partial charge >= 0.3 is 0 Å². The van der Waals surface area contributed by atoms with E-state index >= 15 is 0 Å². The third kappa shape index (κ3) is 1.95. The maximum atomic E-state index is 5.97. The van der Waals surface area contributed by atoms with Crippen LogP contribution in [0.1, 0.15) is 0 Å². The number of anilines is 1. The zero-order chi connectivity index (χ0) is 11.5. The number of hydrogen-bond acceptors (Lipinski definition) is 3. The SMILES string of the molecule is COc1cccnc1-c1ccc(N)c(Cl)c1. The lowest BCUT2D eigenvalue weighted by molar-refractivity contribution is 0.415. The van der Waals surface area contributed by atoms with Gasteiger partial charge in [0.15, 0.2) is 0 Å². The topological polar surface area (TPSA) is 48.1 Å². The fourth-order valence-electron chi connectivity index (χ4n) is 1.45. The Kier molecular flexibility index (Phi) is 2.97. The third-order valence-corrected chi connectivity index (χ3v) is 2.59. The van der Waals surface area contributed by atoms with E-state index in [0.29, 0.717) is 16.5 Å². The maximum Gasteiger partial charge on any atom is 0.145 e. The fourth-order valence-corrected chi connectivity index (χ4v) is 1.63. The molecule has 1 aromatic heterocycles. The van der Waals surface area contributed by atoms with E-state index in [1.807, 2.05) is 18.2 Å². The van der Waals surface area contributed by atoms with Crippen LogP contribution in [-0.2, 0) is 0 Å². The van der Waals surface area contributed by atoms with Crippen LogP contribution in [0.3, 0.4) is 0 Å². The van der Waals surface area contributed by atoms with Crippen LogP contribution < -0.4 is 10.5 Å². The summed E-state index contributed by atoms with van der Waals surface area (Å²) in [6.45, 7) is 0. The molecule has 0 spiro atoms. The van der Waals surface area contributed by atoms with E-state index in [0.717, 1.165) is 11.3 Å². The van der Waals surface area contributed by atoms with E-state index in [1.165, 1.54) is 0 Å². The molecule has 3 nitrogen and oxygen atoms in total. The zero-order valence-electron chi connectivity index (χ0n) is 8.77. The molecule has 0 fully saturated rings. The second-order valence-corrected chi connectivity index (χ2v) is 3.70. The fraction of sp³-hybridized carbons (Fsp3) is 0.0833. The largest absolute Gasteiger partial charge is 0.494 e. The van der Waals surface area contributed by atoms with Gasteiger partial charge in [-0.1, -0.05) is 17.7 Å². The van der Waals surface area contributed by atoms with Crippen LogP contribution in [-0.4, -0.2) is 12.1 Å². The minimum absolute atomic E-state index is 0.519. The average Bonchev–Trinajstić information content (AvgIpc) is 2.32. The molecule has 4 heteroatoms. The third-order valence-electron chi connectivity index (χ3n) is 2.26. The molecule has 0 aliphatic carbocycles. The monoisotopic (exact) mass is 234 g/mol. The summed E-state index contributed by atoms with van der Waals surface area (Å²) in [6, 6.07) is 9.08. The van der Waals surface area contributed by atoms with Gasteiger partial charge in [0.1, 0.15) is 11.4 Å². The molecule has 0 aliphatic rings. The molecule has 1 heterocycles. The van der Waals surface area contributed by atoms with Gasteiger partial charge in [-0.3, -0.25) is 4.98 Å². The standard InChI is InChI=1S/C12H11ClN2O/c1-16-11-3-2-6-15-12(11)8-4-5-10(14)9(13)7-8/h2-7H,14H2,1H3. The van der Waals surface area contributed by atoms with Crippen molar-refractivity contribution in [2.24, 2.45) is 0 Å². The van der Waals surface area contributed by atoms with Gasteiger partial charge in [-0.25, -0.2) is 0 Å². The van der Waals surface area contributed by atoms with Gasteiger partial charge in [-0.05, 0) is 24.3 Å². The van der Waals surface area contributed by atoms with E-state index in [4.69, 9.17) is 22.1 Å². The Balaban J connectivity index is 2.54. The van der Waals surface area contributed by atoms with Crippen molar-refractivity contribution in [1.82, 2.24) is 4.98 Å². The first kappa shape index (κ1) is 10.8. The Morgan fingerprint density at radius 1 is 1.31 bits per heavy atom. The van der Waals surface area contributed by atoms with Crippen molar-refractivity contribution < 1.29 is 4.74 Å². The number of rotatable bonds is 2. The van der Waals surface area contributed by atoms with Gasteiger partial charge in [0, 0.05) is 11.8 Å². The normalized spacial score (nSPS) is 10.1. The van der Waals surface area contributed by atoms with Crippen LogP contribution in [0.4, 0.5) is 5.69 Å². The summed E-state index contributed by atoms with van der Waals surface area (Å²) in [5.74, 6) is 0.711. The molecule has 0 radical (unpaired) electrons. The van der Waals surface area contributed by atoms with E-state index in [9.17, 15) is 0 Å². The highest BCUT2D eigenvalue weighted by Gasteiger charge is 2.07. The highest BCUT2D eigenvalue weighted by atomic mass is 35.5. The predicted octanol–water partition coefficient (Wildman–Crippen LogP) is 2.99. The number of ether oxygens (including phenoxy) is 1. The number of benzene rings is 1. The van der Waals surface area contributed by atoms with Crippen LogP contribution in [0.5, 0.6) is 5.75 Å². The molecule has 2 rings (SSSR count). The first-order valence-electron chi connectivity index (χ1n) is 4.77. The summed E-state index contributed by atoms with van der Waals surface area (Å²) in [5.41, 5.74) is 7.85. The van der Waals surface area contributed by atoms with E-state index < -0.39 is 0 Å². The minimum atomic E-state index is 0.519. The smallest absolute Gasteiger partial charge is 0.145 e. The Bertz CT molecular complexity index is 514. The first-order valence-corrected chi connectivity index (χ1v) is 5.14. The molecule has 0 aliphatic heterocycles. The molecule has 2 N–H and O–H groups in total. The average molecular weight is 235 g/mol. The molecule has 0 saturated carbocycles. The molecule has 0 atom stereocenters. The number of methoxy groups -OCH3 is 1. The van der Waals surface area contributed by atoms with Gasteiger partial charge < -0.3 is 10.5 Å². The highest BCUT2D eigenvalue weighted by molar-refractivity contribution is 6.33. The Hall–Kier alpha value is -1.74. The Morgan fingerprint density at radius 2 is 2.12 bits per heavy atom. The number of hydrogen-bond donors (Lipinski definition) is 1. The number of halogens is 1. The molecule has 0 unspecified atom stereocenters. The second kappa shape index (κ2) is 4.41. The van der Waals surface area contributed by atoms with Crippen LogP contribution in [0.2, 0.25) is 5.02 Å². The molecule has 0 bridgehead atoms. The number of aromatic nitrogens is 1. The number of nitrogens with zero attached hydrogens (tertiary/aromatic N) is 1.